The van der Waals surface area contributed by atoms with Gasteiger partial charge in [0.2, 0.25) is 0 Å². The van der Waals surface area contributed by atoms with E-state index in [-0.39, 0.29) is 0 Å². The van der Waals surface area contributed by atoms with Crippen molar-refractivity contribution < 1.29 is 4.74 Å². The topological polar surface area (TPSA) is 24.5 Å². The zero-order valence-corrected chi connectivity index (χ0v) is 11.9. The normalized spacial score (nSPS) is 29.3. The number of ether oxygens (including phenoxy) is 1. The molecule has 3 atom stereocenters. The Morgan fingerprint density at radius 3 is 2.79 bits per heavy atom. The number of hydrogen-bond acceptors (Lipinski definition) is 3. The molecule has 1 N–H and O–H groups in total. The highest BCUT2D eigenvalue weighted by atomic mass is 16.5. The molecule has 2 aliphatic rings. The van der Waals surface area contributed by atoms with E-state index in [0.717, 1.165) is 24.1 Å². The summed E-state index contributed by atoms with van der Waals surface area (Å²) in [6.07, 6.45) is 4.28. The number of anilines is 1. The first-order valence-electron chi connectivity index (χ1n) is 7.36. The minimum absolute atomic E-state index is 0.666. The molecule has 0 spiro atoms. The summed E-state index contributed by atoms with van der Waals surface area (Å²) in [5.74, 6) is 2.77. The number of hydrogen-bond donors (Lipinski definition) is 1. The Morgan fingerprint density at radius 2 is 2.05 bits per heavy atom. The van der Waals surface area contributed by atoms with Gasteiger partial charge in [-0.25, -0.2) is 0 Å². The van der Waals surface area contributed by atoms with Crippen LogP contribution in [0.5, 0.6) is 5.75 Å². The zero-order chi connectivity index (χ0) is 13.2. The van der Waals surface area contributed by atoms with Gasteiger partial charge in [-0.2, -0.15) is 0 Å². The minimum atomic E-state index is 0.666. The van der Waals surface area contributed by atoms with Gasteiger partial charge in [-0.3, -0.25) is 0 Å². The third-order valence-electron chi connectivity index (χ3n) is 4.86. The summed E-state index contributed by atoms with van der Waals surface area (Å²) in [5.41, 5.74) is 1.27. The second-order valence-corrected chi connectivity index (χ2v) is 5.95. The van der Waals surface area contributed by atoms with Gasteiger partial charge in [0.15, 0.2) is 0 Å². The van der Waals surface area contributed by atoms with Crippen LogP contribution in [0.3, 0.4) is 0 Å². The quantitative estimate of drug-likeness (QED) is 0.900. The van der Waals surface area contributed by atoms with Crippen LogP contribution in [0.15, 0.2) is 24.3 Å². The number of nitrogens with zero attached hydrogens (tertiary/aromatic N) is 1. The first-order chi connectivity index (χ1) is 9.28. The van der Waals surface area contributed by atoms with Gasteiger partial charge in [-0.15, -0.1) is 0 Å². The molecule has 1 aliphatic carbocycles. The van der Waals surface area contributed by atoms with Crippen LogP contribution in [0.1, 0.15) is 19.3 Å². The molecule has 1 aromatic carbocycles. The van der Waals surface area contributed by atoms with Gasteiger partial charge >= 0.3 is 0 Å². The molecular formula is C16H24N2O. The predicted molar refractivity (Wildman–Crippen MR) is 78.9 cm³/mol. The Kier molecular flexibility index (Phi) is 3.65. The number of methoxy groups -OCH3 is 1. The van der Waals surface area contributed by atoms with Crippen molar-refractivity contribution in [1.82, 2.24) is 5.32 Å². The SMILES string of the molecule is COc1ccc(N(C)CC2NCC3CCCC32)cc1. The summed E-state index contributed by atoms with van der Waals surface area (Å²) in [7, 11) is 3.90. The van der Waals surface area contributed by atoms with E-state index in [0.29, 0.717) is 6.04 Å². The van der Waals surface area contributed by atoms with Crippen LogP contribution < -0.4 is 15.0 Å². The average molecular weight is 260 g/mol. The lowest BCUT2D eigenvalue weighted by Gasteiger charge is -2.26. The molecule has 0 amide bonds. The Balaban J connectivity index is 1.62. The van der Waals surface area contributed by atoms with E-state index in [1.807, 2.05) is 12.1 Å². The Morgan fingerprint density at radius 1 is 1.26 bits per heavy atom. The Labute approximate surface area is 115 Å². The second kappa shape index (κ2) is 5.41. The van der Waals surface area contributed by atoms with Crippen molar-refractivity contribution in [2.75, 3.05) is 32.1 Å². The summed E-state index contributed by atoms with van der Waals surface area (Å²) >= 11 is 0. The Bertz CT molecular complexity index is 417. The molecule has 1 saturated heterocycles. The molecule has 0 radical (unpaired) electrons. The smallest absolute Gasteiger partial charge is 0.119 e. The maximum atomic E-state index is 5.21. The summed E-state index contributed by atoms with van der Waals surface area (Å²) in [5, 5.41) is 3.72. The van der Waals surface area contributed by atoms with Gasteiger partial charge in [0, 0.05) is 25.3 Å². The third kappa shape index (κ3) is 2.57. The maximum Gasteiger partial charge on any atom is 0.119 e. The molecule has 3 nitrogen and oxygen atoms in total. The highest BCUT2D eigenvalue weighted by Crippen LogP contribution is 2.38. The number of rotatable bonds is 4. The van der Waals surface area contributed by atoms with Crippen LogP contribution in [-0.2, 0) is 0 Å². The van der Waals surface area contributed by atoms with Gasteiger partial charge in [0.25, 0.3) is 0 Å². The molecule has 1 aliphatic heterocycles. The number of nitrogens with one attached hydrogen (secondary N) is 1. The number of likely N-dealkylation sites (N-methyl/N-ethyl adjacent to an activating group) is 1. The summed E-state index contributed by atoms with van der Waals surface area (Å²) in [6, 6.07) is 9.01. The van der Waals surface area contributed by atoms with Crippen molar-refractivity contribution in [2.24, 2.45) is 11.8 Å². The maximum absolute atomic E-state index is 5.21. The molecule has 3 unspecified atom stereocenters. The lowest BCUT2D eigenvalue weighted by Crippen LogP contribution is -2.38. The number of fused-ring (bicyclic) bond motifs is 1. The summed E-state index contributed by atoms with van der Waals surface area (Å²) < 4.78 is 5.21. The van der Waals surface area contributed by atoms with Crippen molar-refractivity contribution in [3.8, 4) is 5.75 Å². The molecule has 1 aromatic rings. The van der Waals surface area contributed by atoms with Crippen molar-refractivity contribution in [3.05, 3.63) is 24.3 Å². The van der Waals surface area contributed by atoms with Crippen LogP contribution >= 0.6 is 0 Å². The van der Waals surface area contributed by atoms with Crippen molar-refractivity contribution in [1.29, 1.82) is 0 Å². The van der Waals surface area contributed by atoms with Gasteiger partial charge in [-0.1, -0.05) is 6.42 Å². The Hall–Kier alpha value is -1.22. The third-order valence-corrected chi connectivity index (χ3v) is 4.86. The first-order valence-corrected chi connectivity index (χ1v) is 7.36. The summed E-state index contributed by atoms with van der Waals surface area (Å²) in [4.78, 5) is 2.36. The molecule has 104 valence electrons. The van der Waals surface area contributed by atoms with Crippen LogP contribution in [0.4, 0.5) is 5.69 Å². The largest absolute Gasteiger partial charge is 0.497 e. The minimum Gasteiger partial charge on any atom is -0.497 e. The fourth-order valence-electron chi connectivity index (χ4n) is 3.74. The standard InChI is InChI=1S/C16H24N2O/c1-18(13-6-8-14(19-2)9-7-13)11-16-15-5-3-4-12(15)10-17-16/h6-9,12,15-17H,3-5,10-11H2,1-2H3. The van der Waals surface area contributed by atoms with E-state index in [2.05, 4.69) is 29.4 Å². The van der Waals surface area contributed by atoms with E-state index < -0.39 is 0 Å². The van der Waals surface area contributed by atoms with Gasteiger partial charge < -0.3 is 15.0 Å². The second-order valence-electron chi connectivity index (χ2n) is 5.95. The van der Waals surface area contributed by atoms with E-state index >= 15 is 0 Å². The zero-order valence-electron chi connectivity index (χ0n) is 11.9. The number of benzene rings is 1. The van der Waals surface area contributed by atoms with Crippen LogP contribution in [0, 0.1) is 11.8 Å². The van der Waals surface area contributed by atoms with Gasteiger partial charge in [-0.05, 0) is 55.5 Å². The molecule has 1 saturated carbocycles. The van der Waals surface area contributed by atoms with Crippen molar-refractivity contribution >= 4 is 5.69 Å². The highest BCUT2D eigenvalue weighted by molar-refractivity contribution is 5.48. The molecule has 3 heteroatoms. The average Bonchev–Trinajstić information content (AvgIpc) is 3.04. The van der Waals surface area contributed by atoms with E-state index in [9.17, 15) is 0 Å². The fourth-order valence-corrected chi connectivity index (χ4v) is 3.74. The molecule has 19 heavy (non-hydrogen) atoms. The lowest BCUT2D eigenvalue weighted by molar-refractivity contribution is 0.412. The lowest BCUT2D eigenvalue weighted by atomic mass is 9.94. The van der Waals surface area contributed by atoms with Crippen molar-refractivity contribution in [3.63, 3.8) is 0 Å². The first kappa shape index (κ1) is 12.8. The highest BCUT2D eigenvalue weighted by Gasteiger charge is 2.39. The predicted octanol–water partition coefficient (Wildman–Crippen LogP) is 2.52. The fraction of sp³-hybridized carbons (Fsp3) is 0.625. The molecule has 0 aromatic heterocycles. The van der Waals surface area contributed by atoms with Crippen LogP contribution in [0.2, 0.25) is 0 Å². The van der Waals surface area contributed by atoms with Crippen LogP contribution in [-0.4, -0.2) is 33.3 Å². The van der Waals surface area contributed by atoms with E-state index in [4.69, 9.17) is 4.74 Å². The van der Waals surface area contributed by atoms with E-state index in [1.165, 1.54) is 31.5 Å². The van der Waals surface area contributed by atoms with Gasteiger partial charge in [0.05, 0.1) is 7.11 Å². The summed E-state index contributed by atoms with van der Waals surface area (Å²) in [6.45, 7) is 2.33. The van der Waals surface area contributed by atoms with Crippen molar-refractivity contribution in [2.45, 2.75) is 25.3 Å². The molecule has 0 bridgehead atoms. The van der Waals surface area contributed by atoms with E-state index in [1.54, 1.807) is 7.11 Å². The molecule has 2 fully saturated rings. The molecule has 3 rings (SSSR count). The monoisotopic (exact) mass is 260 g/mol. The molecular weight excluding hydrogens is 236 g/mol. The van der Waals surface area contributed by atoms with Gasteiger partial charge in [0.1, 0.15) is 5.75 Å². The molecule has 1 heterocycles. The van der Waals surface area contributed by atoms with Crippen LogP contribution in [0.25, 0.3) is 0 Å².